The summed E-state index contributed by atoms with van der Waals surface area (Å²) >= 11 is 0. The molecular weight excluding hydrogens is 270 g/mol. The molecule has 0 spiro atoms. The molecule has 6 nitrogen and oxygen atoms in total. The lowest BCUT2D eigenvalue weighted by molar-refractivity contribution is -0.00575. The minimum absolute atomic E-state index is 0.0287. The second kappa shape index (κ2) is 6.95. The van der Waals surface area contributed by atoms with E-state index in [1.54, 1.807) is 6.07 Å². The summed E-state index contributed by atoms with van der Waals surface area (Å²) in [5.74, 6) is 0.0287. The van der Waals surface area contributed by atoms with Gasteiger partial charge < -0.3 is 25.0 Å². The maximum Gasteiger partial charge on any atom is 0.270 e. The molecule has 0 atom stereocenters. The van der Waals surface area contributed by atoms with Crippen LogP contribution < -0.4 is 5.73 Å². The highest BCUT2D eigenvalue weighted by Gasteiger charge is 2.26. The number of piperidine rings is 1. The molecule has 6 heteroatoms. The van der Waals surface area contributed by atoms with Crippen LogP contribution in [0.15, 0.2) is 12.3 Å². The van der Waals surface area contributed by atoms with Gasteiger partial charge in [-0.1, -0.05) is 0 Å². The van der Waals surface area contributed by atoms with Crippen LogP contribution in [-0.4, -0.2) is 52.9 Å². The van der Waals surface area contributed by atoms with Gasteiger partial charge in [0, 0.05) is 25.3 Å². The van der Waals surface area contributed by atoms with E-state index in [0.717, 1.165) is 12.8 Å². The Morgan fingerprint density at radius 1 is 1.48 bits per heavy atom. The maximum absolute atomic E-state index is 12.6. The summed E-state index contributed by atoms with van der Waals surface area (Å²) < 4.78 is 7.44. The summed E-state index contributed by atoms with van der Waals surface area (Å²) in [5.41, 5.74) is 7.10. The van der Waals surface area contributed by atoms with Gasteiger partial charge in [0.05, 0.1) is 25.0 Å². The Hall–Kier alpha value is -1.53. The van der Waals surface area contributed by atoms with E-state index in [-0.39, 0.29) is 24.7 Å². The van der Waals surface area contributed by atoms with Crippen LogP contribution in [0, 0.1) is 0 Å². The highest BCUT2D eigenvalue weighted by molar-refractivity contribution is 5.94. The predicted molar refractivity (Wildman–Crippen MR) is 81.2 cm³/mol. The lowest BCUT2D eigenvalue weighted by atomic mass is 10.1. The van der Waals surface area contributed by atoms with Crippen LogP contribution >= 0.6 is 0 Å². The standard InChI is InChI=1S/C15H25N3O3/c1-11(2)18-10-12(16)9-14(18)15(20)17-5-3-13(4-6-17)21-8-7-19/h9-11,13,19H,3-8,16H2,1-2H3. The number of likely N-dealkylation sites (tertiary alicyclic amines) is 1. The van der Waals surface area contributed by atoms with Crippen molar-refractivity contribution in [2.45, 2.75) is 38.8 Å². The monoisotopic (exact) mass is 295 g/mol. The third-order valence-corrected chi connectivity index (χ3v) is 3.82. The van der Waals surface area contributed by atoms with Gasteiger partial charge in [-0.2, -0.15) is 0 Å². The van der Waals surface area contributed by atoms with Gasteiger partial charge in [0.15, 0.2) is 0 Å². The number of rotatable bonds is 5. The van der Waals surface area contributed by atoms with E-state index in [1.165, 1.54) is 0 Å². The number of nitrogens with two attached hydrogens (primary N) is 1. The van der Waals surface area contributed by atoms with Crippen LogP contribution in [0.2, 0.25) is 0 Å². The number of aromatic nitrogens is 1. The number of carbonyl (C=O) groups is 1. The Balaban J connectivity index is 1.99. The summed E-state index contributed by atoms with van der Waals surface area (Å²) in [4.78, 5) is 14.5. The molecule has 1 fully saturated rings. The van der Waals surface area contributed by atoms with E-state index in [4.69, 9.17) is 15.6 Å². The average Bonchev–Trinajstić information content (AvgIpc) is 2.87. The van der Waals surface area contributed by atoms with Crippen molar-refractivity contribution in [3.8, 4) is 0 Å². The zero-order chi connectivity index (χ0) is 15.4. The van der Waals surface area contributed by atoms with E-state index < -0.39 is 0 Å². The summed E-state index contributed by atoms with van der Waals surface area (Å²) in [6.45, 7) is 5.83. The quantitative estimate of drug-likeness (QED) is 0.857. The molecule has 3 N–H and O–H groups in total. The van der Waals surface area contributed by atoms with E-state index in [9.17, 15) is 4.79 Å². The topological polar surface area (TPSA) is 80.7 Å². The highest BCUT2D eigenvalue weighted by atomic mass is 16.5. The van der Waals surface area contributed by atoms with Crippen molar-refractivity contribution >= 4 is 11.6 Å². The van der Waals surface area contributed by atoms with Gasteiger partial charge in [0.25, 0.3) is 5.91 Å². The molecule has 1 amide bonds. The van der Waals surface area contributed by atoms with E-state index in [2.05, 4.69) is 0 Å². The summed E-state index contributed by atoms with van der Waals surface area (Å²) in [5, 5.41) is 8.77. The number of hydrogen-bond acceptors (Lipinski definition) is 4. The molecule has 21 heavy (non-hydrogen) atoms. The third kappa shape index (κ3) is 3.77. The van der Waals surface area contributed by atoms with E-state index in [1.807, 2.05) is 29.5 Å². The molecule has 0 radical (unpaired) electrons. The first-order valence-corrected chi connectivity index (χ1v) is 7.52. The second-order valence-corrected chi connectivity index (χ2v) is 5.75. The number of ether oxygens (including phenoxy) is 1. The van der Waals surface area contributed by atoms with Crippen molar-refractivity contribution in [1.82, 2.24) is 9.47 Å². The molecule has 1 saturated heterocycles. The van der Waals surface area contributed by atoms with Gasteiger partial charge in [-0.25, -0.2) is 0 Å². The van der Waals surface area contributed by atoms with Crippen molar-refractivity contribution in [3.05, 3.63) is 18.0 Å². The molecule has 2 rings (SSSR count). The van der Waals surface area contributed by atoms with Gasteiger partial charge in [0.2, 0.25) is 0 Å². The average molecular weight is 295 g/mol. The lowest BCUT2D eigenvalue weighted by Crippen LogP contribution is -2.41. The fourth-order valence-electron chi connectivity index (χ4n) is 2.71. The molecule has 1 aliphatic heterocycles. The van der Waals surface area contributed by atoms with Crippen LogP contribution in [0.4, 0.5) is 5.69 Å². The first-order chi connectivity index (χ1) is 10.0. The van der Waals surface area contributed by atoms with Crippen LogP contribution in [0.5, 0.6) is 0 Å². The Labute approximate surface area is 125 Å². The number of nitrogen functional groups attached to an aromatic ring is 1. The number of aliphatic hydroxyl groups excluding tert-OH is 1. The zero-order valence-corrected chi connectivity index (χ0v) is 12.8. The molecule has 0 bridgehead atoms. The molecule has 2 heterocycles. The molecule has 1 aliphatic rings. The van der Waals surface area contributed by atoms with E-state index >= 15 is 0 Å². The SMILES string of the molecule is CC(C)n1cc(N)cc1C(=O)N1CCC(OCCO)CC1. The number of nitrogens with zero attached hydrogens (tertiary/aromatic N) is 2. The molecule has 1 aromatic rings. The van der Waals surface area contributed by atoms with Crippen LogP contribution in [0.1, 0.15) is 43.2 Å². The van der Waals surface area contributed by atoms with Gasteiger partial charge in [-0.15, -0.1) is 0 Å². The molecule has 0 unspecified atom stereocenters. The molecule has 0 aliphatic carbocycles. The summed E-state index contributed by atoms with van der Waals surface area (Å²) in [6, 6.07) is 1.95. The molecule has 0 aromatic carbocycles. The molecular formula is C15H25N3O3. The summed E-state index contributed by atoms with van der Waals surface area (Å²) in [6.07, 6.45) is 3.57. The minimum atomic E-state index is 0.0287. The predicted octanol–water partition coefficient (Wildman–Crippen LogP) is 1.26. The van der Waals surface area contributed by atoms with Crippen molar-refractivity contribution in [2.75, 3.05) is 32.0 Å². The van der Waals surface area contributed by atoms with Crippen LogP contribution in [0.3, 0.4) is 0 Å². The minimum Gasteiger partial charge on any atom is -0.397 e. The third-order valence-electron chi connectivity index (χ3n) is 3.82. The fourth-order valence-corrected chi connectivity index (χ4v) is 2.71. The van der Waals surface area contributed by atoms with Gasteiger partial charge >= 0.3 is 0 Å². The molecule has 0 saturated carbocycles. The van der Waals surface area contributed by atoms with Crippen molar-refractivity contribution in [2.24, 2.45) is 0 Å². The fraction of sp³-hybridized carbons (Fsp3) is 0.667. The first kappa shape index (κ1) is 15.9. The normalized spacial score (nSPS) is 16.7. The smallest absolute Gasteiger partial charge is 0.270 e. The Morgan fingerprint density at radius 3 is 2.71 bits per heavy atom. The number of hydrogen-bond donors (Lipinski definition) is 2. The molecule has 118 valence electrons. The van der Waals surface area contributed by atoms with E-state index in [0.29, 0.717) is 31.1 Å². The highest BCUT2D eigenvalue weighted by Crippen LogP contribution is 2.21. The number of aliphatic hydroxyl groups is 1. The zero-order valence-electron chi connectivity index (χ0n) is 12.8. The van der Waals surface area contributed by atoms with Gasteiger partial charge in [-0.3, -0.25) is 4.79 Å². The number of carbonyl (C=O) groups excluding carboxylic acids is 1. The van der Waals surface area contributed by atoms with Gasteiger partial charge in [-0.05, 0) is 32.8 Å². The van der Waals surface area contributed by atoms with Crippen molar-refractivity contribution < 1.29 is 14.6 Å². The largest absolute Gasteiger partial charge is 0.397 e. The van der Waals surface area contributed by atoms with Crippen molar-refractivity contribution in [3.63, 3.8) is 0 Å². The Morgan fingerprint density at radius 2 is 2.14 bits per heavy atom. The van der Waals surface area contributed by atoms with Crippen LogP contribution in [0.25, 0.3) is 0 Å². The number of amides is 1. The van der Waals surface area contributed by atoms with Crippen molar-refractivity contribution in [1.29, 1.82) is 0 Å². The number of anilines is 1. The summed E-state index contributed by atoms with van der Waals surface area (Å²) in [7, 11) is 0. The Bertz CT molecular complexity index is 477. The molecule has 1 aromatic heterocycles. The lowest BCUT2D eigenvalue weighted by Gasteiger charge is -2.32. The Kier molecular flexibility index (Phi) is 5.25. The first-order valence-electron chi connectivity index (χ1n) is 7.52. The van der Waals surface area contributed by atoms with Gasteiger partial charge in [0.1, 0.15) is 5.69 Å². The second-order valence-electron chi connectivity index (χ2n) is 5.75. The maximum atomic E-state index is 12.6. The van der Waals surface area contributed by atoms with Crippen LogP contribution in [-0.2, 0) is 4.74 Å².